The van der Waals surface area contributed by atoms with E-state index in [-0.39, 0.29) is 23.9 Å². The van der Waals surface area contributed by atoms with Gasteiger partial charge in [-0.3, -0.25) is 4.68 Å². The van der Waals surface area contributed by atoms with Gasteiger partial charge in [0.2, 0.25) is 11.6 Å². The molecule has 0 aliphatic rings. The Balaban J connectivity index is 1.85. The summed E-state index contributed by atoms with van der Waals surface area (Å²) in [7, 11) is 0. The first-order chi connectivity index (χ1) is 10.9. The molecule has 0 saturated carbocycles. The SMILES string of the molecule is CCn1nc(CSc2nc(N)nc3n[nH]nc23)cc1C(F)(F)F. The van der Waals surface area contributed by atoms with Gasteiger partial charge in [-0.1, -0.05) is 11.8 Å². The Morgan fingerprint density at radius 2 is 2.09 bits per heavy atom. The lowest BCUT2D eigenvalue weighted by molar-refractivity contribution is -0.144. The van der Waals surface area contributed by atoms with Crippen LogP contribution in [-0.2, 0) is 18.5 Å². The quantitative estimate of drug-likeness (QED) is 0.549. The predicted molar refractivity (Wildman–Crippen MR) is 76.4 cm³/mol. The molecule has 0 aromatic carbocycles. The number of alkyl halides is 3. The van der Waals surface area contributed by atoms with Crippen LogP contribution in [0.3, 0.4) is 0 Å². The molecule has 0 unspecified atom stereocenters. The van der Waals surface area contributed by atoms with Crippen LogP contribution in [-0.4, -0.2) is 35.2 Å². The third kappa shape index (κ3) is 3.06. The van der Waals surface area contributed by atoms with Crippen LogP contribution >= 0.6 is 11.8 Å². The molecule has 0 aliphatic heterocycles. The lowest BCUT2D eigenvalue weighted by Gasteiger charge is -2.07. The smallest absolute Gasteiger partial charge is 0.368 e. The molecule has 8 nitrogen and oxygen atoms in total. The summed E-state index contributed by atoms with van der Waals surface area (Å²) in [5, 5.41) is 14.5. The molecule has 122 valence electrons. The fraction of sp³-hybridized carbons (Fsp3) is 0.364. The van der Waals surface area contributed by atoms with Gasteiger partial charge in [-0.25, -0.2) is 4.98 Å². The van der Waals surface area contributed by atoms with E-state index in [0.29, 0.717) is 16.2 Å². The Kier molecular flexibility index (Phi) is 3.83. The topological polar surface area (TPSA) is 111 Å². The zero-order valence-electron chi connectivity index (χ0n) is 11.8. The number of fused-ring (bicyclic) bond motifs is 1. The van der Waals surface area contributed by atoms with Crippen molar-refractivity contribution in [3.63, 3.8) is 0 Å². The van der Waals surface area contributed by atoms with E-state index in [9.17, 15) is 13.2 Å². The second-order valence-electron chi connectivity index (χ2n) is 4.51. The van der Waals surface area contributed by atoms with Crippen molar-refractivity contribution in [3.05, 3.63) is 17.5 Å². The molecular formula is C11H11F3N8S. The molecule has 12 heteroatoms. The van der Waals surface area contributed by atoms with Crippen molar-refractivity contribution >= 4 is 28.9 Å². The Morgan fingerprint density at radius 3 is 2.74 bits per heavy atom. The molecule has 3 heterocycles. The minimum atomic E-state index is -4.44. The number of aromatic nitrogens is 7. The van der Waals surface area contributed by atoms with Crippen molar-refractivity contribution < 1.29 is 13.2 Å². The molecule has 23 heavy (non-hydrogen) atoms. The van der Waals surface area contributed by atoms with E-state index < -0.39 is 11.9 Å². The molecule has 0 aliphatic carbocycles. The fourth-order valence-corrected chi connectivity index (χ4v) is 2.85. The highest BCUT2D eigenvalue weighted by atomic mass is 32.2. The Labute approximate surface area is 131 Å². The Morgan fingerprint density at radius 1 is 1.30 bits per heavy atom. The van der Waals surface area contributed by atoms with Crippen molar-refractivity contribution in [1.29, 1.82) is 0 Å². The average Bonchev–Trinajstić information content (AvgIpc) is 3.09. The number of aryl methyl sites for hydroxylation is 1. The molecule has 0 saturated heterocycles. The fourth-order valence-electron chi connectivity index (χ4n) is 1.99. The van der Waals surface area contributed by atoms with Gasteiger partial charge >= 0.3 is 6.18 Å². The number of H-pyrrole nitrogens is 1. The molecule has 0 amide bonds. The summed E-state index contributed by atoms with van der Waals surface area (Å²) in [6.07, 6.45) is -4.44. The lowest BCUT2D eigenvalue weighted by Crippen LogP contribution is -2.13. The van der Waals surface area contributed by atoms with E-state index >= 15 is 0 Å². The van der Waals surface area contributed by atoms with Crippen molar-refractivity contribution in [1.82, 2.24) is 35.2 Å². The van der Waals surface area contributed by atoms with Crippen LogP contribution in [0, 0.1) is 0 Å². The number of aromatic amines is 1. The number of hydrogen-bond acceptors (Lipinski definition) is 7. The maximum Gasteiger partial charge on any atom is 0.433 e. The van der Waals surface area contributed by atoms with E-state index in [4.69, 9.17) is 5.73 Å². The summed E-state index contributed by atoms with van der Waals surface area (Å²) < 4.78 is 39.6. The summed E-state index contributed by atoms with van der Waals surface area (Å²) >= 11 is 1.17. The highest BCUT2D eigenvalue weighted by molar-refractivity contribution is 7.98. The molecule has 0 radical (unpaired) electrons. The van der Waals surface area contributed by atoms with Crippen molar-refractivity contribution in [2.24, 2.45) is 0 Å². The molecule has 0 bridgehead atoms. The summed E-state index contributed by atoms with van der Waals surface area (Å²) in [4.78, 5) is 7.93. The molecule has 3 N–H and O–H groups in total. The summed E-state index contributed by atoms with van der Waals surface area (Å²) in [6.45, 7) is 1.73. The van der Waals surface area contributed by atoms with Gasteiger partial charge in [-0.05, 0) is 13.0 Å². The van der Waals surface area contributed by atoms with Crippen LogP contribution in [0.15, 0.2) is 11.1 Å². The van der Waals surface area contributed by atoms with Gasteiger partial charge in [0.05, 0.1) is 5.69 Å². The highest BCUT2D eigenvalue weighted by Gasteiger charge is 2.35. The van der Waals surface area contributed by atoms with E-state index in [1.807, 2.05) is 0 Å². The van der Waals surface area contributed by atoms with Crippen molar-refractivity contribution in [2.75, 3.05) is 5.73 Å². The average molecular weight is 344 g/mol. The summed E-state index contributed by atoms with van der Waals surface area (Å²) in [5.74, 6) is 0.207. The molecule has 0 spiro atoms. The van der Waals surface area contributed by atoms with Gasteiger partial charge in [0.25, 0.3) is 0 Å². The van der Waals surface area contributed by atoms with Gasteiger partial charge in [-0.15, -0.1) is 5.10 Å². The molecule has 3 aromatic rings. The van der Waals surface area contributed by atoms with Crippen LogP contribution < -0.4 is 5.73 Å². The number of nitrogens with zero attached hydrogens (tertiary/aromatic N) is 6. The second kappa shape index (κ2) is 5.68. The van der Waals surface area contributed by atoms with Crippen LogP contribution in [0.1, 0.15) is 18.3 Å². The van der Waals surface area contributed by atoms with Gasteiger partial charge in [0.1, 0.15) is 10.7 Å². The third-order valence-corrected chi connectivity index (χ3v) is 3.94. The van der Waals surface area contributed by atoms with Crippen LogP contribution in [0.5, 0.6) is 0 Å². The van der Waals surface area contributed by atoms with Gasteiger partial charge in [0, 0.05) is 12.3 Å². The number of nitrogens with one attached hydrogen (secondary N) is 1. The third-order valence-electron chi connectivity index (χ3n) is 2.95. The van der Waals surface area contributed by atoms with Gasteiger partial charge in [-0.2, -0.15) is 33.6 Å². The number of halogens is 3. The molecule has 0 atom stereocenters. The van der Waals surface area contributed by atoms with Crippen LogP contribution in [0.25, 0.3) is 11.2 Å². The summed E-state index contributed by atoms with van der Waals surface area (Å²) in [5.41, 5.74) is 5.80. The normalized spacial score (nSPS) is 12.2. The minimum Gasteiger partial charge on any atom is -0.368 e. The zero-order chi connectivity index (χ0) is 16.6. The predicted octanol–water partition coefficient (Wildman–Crippen LogP) is 1.86. The van der Waals surface area contributed by atoms with E-state index in [1.165, 1.54) is 11.8 Å². The number of rotatable bonds is 4. The first kappa shape index (κ1) is 15.5. The van der Waals surface area contributed by atoms with Crippen LogP contribution in [0.4, 0.5) is 19.1 Å². The highest BCUT2D eigenvalue weighted by Crippen LogP contribution is 2.32. The monoisotopic (exact) mass is 344 g/mol. The molecule has 3 aromatic heterocycles. The van der Waals surface area contributed by atoms with Crippen LogP contribution in [0.2, 0.25) is 0 Å². The zero-order valence-corrected chi connectivity index (χ0v) is 12.6. The first-order valence-corrected chi connectivity index (χ1v) is 7.47. The molecule has 3 rings (SSSR count). The van der Waals surface area contributed by atoms with Crippen molar-refractivity contribution in [2.45, 2.75) is 30.4 Å². The standard InChI is InChI=1S/C11H11F3N8S/c1-2-22-6(11(12,13)14)3-5(20-22)4-23-9-7-8(19-21-18-7)16-10(15)17-9/h3H,2,4H2,1H3,(H3,15,16,17,18,19,21). The van der Waals surface area contributed by atoms with Gasteiger partial charge in [0.15, 0.2) is 5.52 Å². The molecular weight excluding hydrogens is 333 g/mol. The van der Waals surface area contributed by atoms with E-state index in [2.05, 4.69) is 30.5 Å². The number of anilines is 1. The maximum atomic E-state index is 12.9. The number of nitrogen functional groups attached to an aromatic ring is 1. The lowest BCUT2D eigenvalue weighted by atomic mass is 10.3. The van der Waals surface area contributed by atoms with Crippen molar-refractivity contribution in [3.8, 4) is 0 Å². The number of hydrogen-bond donors (Lipinski definition) is 2. The largest absolute Gasteiger partial charge is 0.433 e. The maximum absolute atomic E-state index is 12.9. The second-order valence-corrected chi connectivity index (χ2v) is 5.47. The van der Waals surface area contributed by atoms with Gasteiger partial charge < -0.3 is 5.73 Å². The van der Waals surface area contributed by atoms with E-state index in [1.54, 1.807) is 6.92 Å². The molecule has 0 fully saturated rings. The Bertz CT molecular complexity index is 840. The number of nitrogens with two attached hydrogens (primary N) is 1. The first-order valence-electron chi connectivity index (χ1n) is 6.49. The minimum absolute atomic E-state index is 0.0176. The summed E-state index contributed by atoms with van der Waals surface area (Å²) in [6, 6.07) is 1.03. The van der Waals surface area contributed by atoms with E-state index in [0.717, 1.165) is 10.7 Å². The number of thioether (sulfide) groups is 1. The Hall–Kier alpha value is -2.37.